The molecule has 0 saturated carbocycles. The fourth-order valence-corrected chi connectivity index (χ4v) is 3.15. The molecule has 2 rings (SSSR count). The summed E-state index contributed by atoms with van der Waals surface area (Å²) in [6.07, 6.45) is 0.551. The van der Waals surface area contributed by atoms with Crippen LogP contribution in [0.2, 0.25) is 0 Å². The number of anilines is 1. The lowest BCUT2D eigenvalue weighted by Crippen LogP contribution is -2.14. The highest BCUT2D eigenvalue weighted by Gasteiger charge is 2.23. The lowest BCUT2D eigenvalue weighted by atomic mass is 9.90. The zero-order valence-corrected chi connectivity index (χ0v) is 12.6. The van der Waals surface area contributed by atoms with Gasteiger partial charge in [0.1, 0.15) is 5.82 Å². The van der Waals surface area contributed by atoms with Gasteiger partial charge in [-0.15, -0.1) is 11.3 Å². The van der Waals surface area contributed by atoms with Crippen LogP contribution >= 0.6 is 11.3 Å². The number of halogens is 1. The van der Waals surface area contributed by atoms with E-state index in [4.69, 9.17) is 5.73 Å². The summed E-state index contributed by atoms with van der Waals surface area (Å²) in [5.41, 5.74) is 8.46. The van der Waals surface area contributed by atoms with Gasteiger partial charge >= 0.3 is 0 Å². The normalized spacial score (nSPS) is 11.8. The molecule has 0 spiro atoms. The smallest absolute Gasteiger partial charge is 0.180 e. The summed E-state index contributed by atoms with van der Waals surface area (Å²) >= 11 is 1.45. The van der Waals surface area contributed by atoms with E-state index < -0.39 is 0 Å². The SMILES string of the molecule is Cc1ccc(F)c(Cc2sc(N)nc2C(C)(C)C)c1. The van der Waals surface area contributed by atoms with Crippen LogP contribution < -0.4 is 5.73 Å². The Morgan fingerprint density at radius 3 is 2.63 bits per heavy atom. The van der Waals surface area contributed by atoms with Crippen LogP contribution in [-0.4, -0.2) is 4.98 Å². The maximum absolute atomic E-state index is 13.8. The molecular formula is C15H19FN2S. The van der Waals surface area contributed by atoms with Gasteiger partial charge in [0.15, 0.2) is 5.13 Å². The van der Waals surface area contributed by atoms with Gasteiger partial charge < -0.3 is 5.73 Å². The lowest BCUT2D eigenvalue weighted by Gasteiger charge is -2.17. The summed E-state index contributed by atoms with van der Waals surface area (Å²) < 4.78 is 13.8. The van der Waals surface area contributed by atoms with Crippen LogP contribution in [0.1, 0.15) is 42.5 Å². The summed E-state index contributed by atoms with van der Waals surface area (Å²) in [6, 6.07) is 5.19. The molecule has 0 atom stereocenters. The second-order valence-electron chi connectivity index (χ2n) is 5.85. The lowest BCUT2D eigenvalue weighted by molar-refractivity contribution is 0.566. The van der Waals surface area contributed by atoms with Gasteiger partial charge in [0, 0.05) is 16.7 Å². The molecule has 2 N–H and O–H groups in total. The Labute approximate surface area is 117 Å². The average molecular weight is 278 g/mol. The van der Waals surface area contributed by atoms with Crippen LogP contribution in [0.3, 0.4) is 0 Å². The van der Waals surface area contributed by atoms with E-state index in [0.717, 1.165) is 16.1 Å². The fraction of sp³-hybridized carbons (Fsp3) is 0.400. The molecule has 2 nitrogen and oxygen atoms in total. The summed E-state index contributed by atoms with van der Waals surface area (Å²) in [5, 5.41) is 0.549. The number of thiazole rings is 1. The molecule has 0 unspecified atom stereocenters. The molecule has 0 saturated heterocycles. The minimum absolute atomic E-state index is 0.0796. The second kappa shape index (κ2) is 4.93. The highest BCUT2D eigenvalue weighted by Crippen LogP contribution is 2.32. The van der Waals surface area contributed by atoms with Crippen LogP contribution in [0.15, 0.2) is 18.2 Å². The van der Waals surface area contributed by atoms with Gasteiger partial charge in [-0.1, -0.05) is 38.5 Å². The van der Waals surface area contributed by atoms with Gasteiger partial charge in [0.2, 0.25) is 0 Å². The third-order valence-corrected chi connectivity index (χ3v) is 3.86. The van der Waals surface area contributed by atoms with E-state index in [0.29, 0.717) is 17.1 Å². The molecule has 2 aromatic rings. The van der Waals surface area contributed by atoms with E-state index in [1.54, 1.807) is 6.07 Å². The number of rotatable bonds is 2. The summed E-state index contributed by atoms with van der Waals surface area (Å²) in [7, 11) is 0. The monoisotopic (exact) mass is 278 g/mol. The van der Waals surface area contributed by atoms with Crippen LogP contribution in [-0.2, 0) is 11.8 Å². The second-order valence-corrected chi connectivity index (χ2v) is 6.96. The van der Waals surface area contributed by atoms with Crippen molar-refractivity contribution in [3.63, 3.8) is 0 Å². The van der Waals surface area contributed by atoms with Crippen molar-refractivity contribution in [1.29, 1.82) is 0 Å². The number of hydrogen-bond donors (Lipinski definition) is 1. The molecule has 0 aliphatic carbocycles. The Balaban J connectivity index is 2.41. The van der Waals surface area contributed by atoms with Gasteiger partial charge in [0.25, 0.3) is 0 Å². The Morgan fingerprint density at radius 1 is 1.32 bits per heavy atom. The van der Waals surface area contributed by atoms with E-state index in [2.05, 4.69) is 25.8 Å². The van der Waals surface area contributed by atoms with E-state index in [1.807, 2.05) is 13.0 Å². The molecule has 1 heterocycles. The number of aryl methyl sites for hydroxylation is 1. The molecule has 0 amide bonds. The van der Waals surface area contributed by atoms with Gasteiger partial charge in [-0.05, 0) is 18.6 Å². The third-order valence-electron chi connectivity index (χ3n) is 2.98. The standard InChI is InChI=1S/C15H19FN2S/c1-9-5-6-11(16)10(7-9)8-12-13(15(2,3)4)18-14(17)19-12/h5-7H,8H2,1-4H3,(H2,17,18). The third kappa shape index (κ3) is 3.13. The fourth-order valence-electron chi connectivity index (χ4n) is 2.09. The van der Waals surface area contributed by atoms with Gasteiger partial charge in [0.05, 0.1) is 5.69 Å². The molecule has 1 aromatic carbocycles. The Bertz CT molecular complexity index is 597. The topological polar surface area (TPSA) is 38.9 Å². The van der Waals surface area contributed by atoms with Crippen LogP contribution in [0.25, 0.3) is 0 Å². The highest BCUT2D eigenvalue weighted by atomic mass is 32.1. The largest absolute Gasteiger partial charge is 0.375 e. The van der Waals surface area contributed by atoms with E-state index in [1.165, 1.54) is 17.4 Å². The Hall–Kier alpha value is -1.42. The van der Waals surface area contributed by atoms with E-state index >= 15 is 0 Å². The highest BCUT2D eigenvalue weighted by molar-refractivity contribution is 7.15. The molecule has 0 bridgehead atoms. The van der Waals surface area contributed by atoms with Crippen LogP contribution in [0, 0.1) is 12.7 Å². The molecular weight excluding hydrogens is 259 g/mol. The van der Waals surface area contributed by atoms with Crippen molar-refractivity contribution < 1.29 is 4.39 Å². The Kier molecular flexibility index (Phi) is 3.63. The molecule has 1 aromatic heterocycles. The molecule has 0 fully saturated rings. The quantitative estimate of drug-likeness (QED) is 0.899. The predicted octanol–water partition coefficient (Wildman–Crippen LogP) is 4.06. The first-order valence-corrected chi connectivity index (χ1v) is 7.09. The number of hydrogen-bond acceptors (Lipinski definition) is 3. The van der Waals surface area contributed by atoms with E-state index in [-0.39, 0.29) is 11.2 Å². The summed E-state index contributed by atoms with van der Waals surface area (Å²) in [4.78, 5) is 5.45. The van der Waals surface area contributed by atoms with Crippen molar-refractivity contribution in [2.24, 2.45) is 0 Å². The van der Waals surface area contributed by atoms with Gasteiger partial charge in [-0.2, -0.15) is 0 Å². The molecule has 0 radical (unpaired) electrons. The average Bonchev–Trinajstić information content (AvgIpc) is 2.65. The molecule has 4 heteroatoms. The zero-order valence-electron chi connectivity index (χ0n) is 11.7. The van der Waals surface area contributed by atoms with Gasteiger partial charge in [-0.3, -0.25) is 0 Å². The van der Waals surface area contributed by atoms with Crippen molar-refractivity contribution in [3.8, 4) is 0 Å². The number of benzene rings is 1. The number of nitrogens with two attached hydrogens (primary N) is 1. The van der Waals surface area contributed by atoms with Crippen molar-refractivity contribution in [2.75, 3.05) is 5.73 Å². The molecule has 19 heavy (non-hydrogen) atoms. The predicted molar refractivity (Wildman–Crippen MR) is 79.2 cm³/mol. The molecule has 102 valence electrons. The Morgan fingerprint density at radius 2 is 2.00 bits per heavy atom. The van der Waals surface area contributed by atoms with Crippen molar-refractivity contribution >= 4 is 16.5 Å². The maximum Gasteiger partial charge on any atom is 0.180 e. The first-order valence-electron chi connectivity index (χ1n) is 6.28. The molecule has 0 aliphatic rings. The zero-order chi connectivity index (χ0) is 14.2. The minimum atomic E-state index is -0.169. The summed E-state index contributed by atoms with van der Waals surface area (Å²) in [6.45, 7) is 8.25. The first-order chi connectivity index (χ1) is 8.77. The number of nitrogens with zero attached hydrogens (tertiary/aromatic N) is 1. The number of aromatic nitrogens is 1. The van der Waals surface area contributed by atoms with Crippen molar-refractivity contribution in [3.05, 3.63) is 45.7 Å². The summed E-state index contributed by atoms with van der Waals surface area (Å²) in [5.74, 6) is -0.169. The molecule has 0 aliphatic heterocycles. The van der Waals surface area contributed by atoms with Crippen LogP contribution in [0.5, 0.6) is 0 Å². The number of nitrogen functional groups attached to an aromatic ring is 1. The first kappa shape index (κ1) is 14.0. The van der Waals surface area contributed by atoms with E-state index in [9.17, 15) is 4.39 Å². The van der Waals surface area contributed by atoms with Crippen LogP contribution in [0.4, 0.5) is 9.52 Å². The maximum atomic E-state index is 13.8. The van der Waals surface area contributed by atoms with Crippen molar-refractivity contribution in [1.82, 2.24) is 4.98 Å². The van der Waals surface area contributed by atoms with Gasteiger partial charge in [-0.25, -0.2) is 9.37 Å². The van der Waals surface area contributed by atoms with Crippen molar-refractivity contribution in [2.45, 2.75) is 39.5 Å². The minimum Gasteiger partial charge on any atom is -0.375 e.